The van der Waals surface area contributed by atoms with Gasteiger partial charge in [-0.2, -0.15) is 0 Å². The van der Waals surface area contributed by atoms with Crippen LogP contribution in [0.4, 0.5) is 0 Å². The second kappa shape index (κ2) is 10.1. The van der Waals surface area contributed by atoms with E-state index in [0.717, 1.165) is 39.1 Å². The Balaban J connectivity index is 4.14. The van der Waals surface area contributed by atoms with Crippen LogP contribution in [0.25, 0.3) is 0 Å². The molecule has 0 radical (unpaired) electrons. The minimum absolute atomic E-state index is 0.302. The van der Waals surface area contributed by atoms with E-state index in [0.29, 0.717) is 12.1 Å². The lowest BCUT2D eigenvalue weighted by atomic mass is 10.00. The largest absolute Gasteiger partial charge is 0.380 e. The Morgan fingerprint density at radius 2 is 1.88 bits per heavy atom. The van der Waals surface area contributed by atoms with Gasteiger partial charge in [-0.05, 0) is 26.3 Å². The van der Waals surface area contributed by atoms with E-state index in [-0.39, 0.29) is 0 Å². The lowest BCUT2D eigenvalue weighted by Crippen LogP contribution is -2.48. The Morgan fingerprint density at radius 1 is 1.19 bits per heavy atom. The van der Waals surface area contributed by atoms with Crippen LogP contribution in [0.3, 0.4) is 0 Å². The third-order valence-corrected chi connectivity index (χ3v) is 3.14. The fraction of sp³-hybridized carbons (Fsp3) is 1.00. The van der Waals surface area contributed by atoms with Crippen molar-refractivity contribution in [1.82, 2.24) is 4.90 Å². The van der Waals surface area contributed by atoms with Crippen LogP contribution in [-0.4, -0.2) is 43.3 Å². The van der Waals surface area contributed by atoms with E-state index in [1.54, 1.807) is 0 Å². The molecule has 0 aliphatic heterocycles. The topological polar surface area (TPSA) is 38.5 Å². The Bertz CT molecular complexity index is 153. The van der Waals surface area contributed by atoms with Crippen molar-refractivity contribution in [2.75, 3.05) is 26.3 Å². The third kappa shape index (κ3) is 5.83. The fourth-order valence-electron chi connectivity index (χ4n) is 2.24. The van der Waals surface area contributed by atoms with Gasteiger partial charge < -0.3 is 10.5 Å². The molecule has 2 atom stereocenters. The van der Waals surface area contributed by atoms with Crippen molar-refractivity contribution < 1.29 is 4.74 Å². The number of hydrogen-bond donors (Lipinski definition) is 1. The Morgan fingerprint density at radius 3 is 2.31 bits per heavy atom. The second-order valence-electron chi connectivity index (χ2n) is 4.25. The van der Waals surface area contributed by atoms with E-state index in [1.807, 2.05) is 6.92 Å². The van der Waals surface area contributed by atoms with Gasteiger partial charge in [-0.1, -0.05) is 27.2 Å². The van der Waals surface area contributed by atoms with Crippen LogP contribution in [0.2, 0.25) is 0 Å². The fourth-order valence-corrected chi connectivity index (χ4v) is 2.24. The van der Waals surface area contributed by atoms with Crippen LogP contribution >= 0.6 is 0 Å². The maximum absolute atomic E-state index is 6.24. The molecule has 0 saturated heterocycles. The molecule has 0 aromatic heterocycles. The van der Waals surface area contributed by atoms with Crippen molar-refractivity contribution in [2.45, 2.75) is 59.0 Å². The maximum Gasteiger partial charge on any atom is 0.0593 e. The van der Waals surface area contributed by atoms with E-state index >= 15 is 0 Å². The van der Waals surface area contributed by atoms with Crippen LogP contribution < -0.4 is 5.73 Å². The van der Waals surface area contributed by atoms with Gasteiger partial charge in [0.15, 0.2) is 0 Å². The summed E-state index contributed by atoms with van der Waals surface area (Å²) in [6, 6.07) is 0.807. The lowest BCUT2D eigenvalue weighted by molar-refractivity contribution is 0.0870. The van der Waals surface area contributed by atoms with Gasteiger partial charge in [-0.25, -0.2) is 0 Å². The quantitative estimate of drug-likeness (QED) is 0.585. The van der Waals surface area contributed by atoms with Gasteiger partial charge in [0.2, 0.25) is 0 Å². The molecule has 0 amide bonds. The van der Waals surface area contributed by atoms with Gasteiger partial charge in [0, 0.05) is 25.2 Å². The highest BCUT2D eigenvalue weighted by Gasteiger charge is 2.21. The molecule has 0 aromatic rings. The van der Waals surface area contributed by atoms with Crippen LogP contribution in [0.5, 0.6) is 0 Å². The predicted octanol–water partition coefficient (Wildman–Crippen LogP) is 2.25. The summed E-state index contributed by atoms with van der Waals surface area (Å²) >= 11 is 0. The zero-order chi connectivity index (χ0) is 12.4. The molecule has 2 N–H and O–H groups in total. The SMILES string of the molecule is CCCC(N)C(CC)N(CC)CCOCC. The average Bonchev–Trinajstić information content (AvgIpc) is 2.28. The summed E-state index contributed by atoms with van der Waals surface area (Å²) in [6.07, 6.45) is 3.41. The highest BCUT2D eigenvalue weighted by Crippen LogP contribution is 2.11. The van der Waals surface area contributed by atoms with E-state index < -0.39 is 0 Å². The number of rotatable bonds is 10. The third-order valence-electron chi connectivity index (χ3n) is 3.14. The van der Waals surface area contributed by atoms with Crippen molar-refractivity contribution in [3.63, 3.8) is 0 Å². The van der Waals surface area contributed by atoms with Crippen molar-refractivity contribution in [3.05, 3.63) is 0 Å². The van der Waals surface area contributed by atoms with Gasteiger partial charge in [0.05, 0.1) is 6.61 Å². The molecule has 0 aliphatic carbocycles. The highest BCUT2D eigenvalue weighted by atomic mass is 16.5. The Kier molecular flexibility index (Phi) is 9.99. The summed E-state index contributed by atoms with van der Waals surface area (Å²) in [5.41, 5.74) is 6.24. The van der Waals surface area contributed by atoms with Gasteiger partial charge in [-0.15, -0.1) is 0 Å². The van der Waals surface area contributed by atoms with Gasteiger partial charge in [0.1, 0.15) is 0 Å². The zero-order valence-corrected chi connectivity index (χ0v) is 11.5. The normalized spacial score (nSPS) is 15.4. The molecule has 0 aromatic carbocycles. The molecule has 0 rings (SSSR count). The summed E-state index contributed by atoms with van der Waals surface area (Å²) in [4.78, 5) is 2.45. The first-order chi connectivity index (χ1) is 7.71. The molecule has 0 spiro atoms. The molecule has 0 saturated carbocycles. The molecule has 0 bridgehead atoms. The number of ether oxygens (including phenoxy) is 1. The number of nitrogens with zero attached hydrogens (tertiary/aromatic N) is 1. The maximum atomic E-state index is 6.24. The zero-order valence-electron chi connectivity index (χ0n) is 11.5. The smallest absolute Gasteiger partial charge is 0.0593 e. The molecule has 2 unspecified atom stereocenters. The number of hydrogen-bond acceptors (Lipinski definition) is 3. The van der Waals surface area contributed by atoms with Crippen LogP contribution in [0, 0.1) is 0 Å². The molecule has 98 valence electrons. The van der Waals surface area contributed by atoms with Gasteiger partial charge in [0.25, 0.3) is 0 Å². The number of nitrogens with two attached hydrogens (primary N) is 1. The molecule has 0 fully saturated rings. The van der Waals surface area contributed by atoms with Crippen LogP contribution in [0.15, 0.2) is 0 Å². The second-order valence-corrected chi connectivity index (χ2v) is 4.25. The Labute approximate surface area is 101 Å². The van der Waals surface area contributed by atoms with E-state index in [9.17, 15) is 0 Å². The first-order valence-electron chi connectivity index (χ1n) is 6.78. The van der Waals surface area contributed by atoms with Gasteiger partial charge in [-0.3, -0.25) is 4.90 Å². The van der Waals surface area contributed by atoms with Gasteiger partial charge >= 0.3 is 0 Å². The van der Waals surface area contributed by atoms with E-state index in [1.165, 1.54) is 6.42 Å². The summed E-state index contributed by atoms with van der Waals surface area (Å²) in [7, 11) is 0. The van der Waals surface area contributed by atoms with Crippen molar-refractivity contribution >= 4 is 0 Å². The van der Waals surface area contributed by atoms with E-state index in [4.69, 9.17) is 10.5 Å². The predicted molar refractivity (Wildman–Crippen MR) is 70.7 cm³/mol. The summed E-state index contributed by atoms with van der Waals surface area (Å²) in [5.74, 6) is 0. The molecule has 0 aliphatic rings. The number of likely N-dealkylation sites (N-methyl/N-ethyl adjacent to an activating group) is 1. The summed E-state index contributed by atoms with van der Waals surface area (Å²) in [6.45, 7) is 12.3. The lowest BCUT2D eigenvalue weighted by Gasteiger charge is -2.34. The first kappa shape index (κ1) is 15.9. The minimum atomic E-state index is 0.302. The van der Waals surface area contributed by atoms with Crippen LogP contribution in [0.1, 0.15) is 47.0 Å². The van der Waals surface area contributed by atoms with Crippen LogP contribution in [-0.2, 0) is 4.74 Å². The average molecular weight is 230 g/mol. The monoisotopic (exact) mass is 230 g/mol. The van der Waals surface area contributed by atoms with E-state index in [2.05, 4.69) is 25.7 Å². The summed E-state index contributed by atoms with van der Waals surface area (Å²) < 4.78 is 5.42. The van der Waals surface area contributed by atoms with Crippen molar-refractivity contribution in [3.8, 4) is 0 Å². The first-order valence-corrected chi connectivity index (χ1v) is 6.78. The standard InChI is InChI=1S/C13H30N2O/c1-5-9-12(14)13(6-2)15(7-3)10-11-16-8-4/h12-13H,5-11,14H2,1-4H3. The molecule has 3 heteroatoms. The highest BCUT2D eigenvalue weighted by molar-refractivity contribution is 4.80. The summed E-state index contributed by atoms with van der Waals surface area (Å²) in [5, 5.41) is 0. The minimum Gasteiger partial charge on any atom is -0.380 e. The van der Waals surface area contributed by atoms with Crippen molar-refractivity contribution in [2.24, 2.45) is 5.73 Å². The molecule has 0 heterocycles. The molecule has 16 heavy (non-hydrogen) atoms. The molecule has 3 nitrogen and oxygen atoms in total. The molecular formula is C13H30N2O. The Hall–Kier alpha value is -0.120. The van der Waals surface area contributed by atoms with Crippen molar-refractivity contribution in [1.29, 1.82) is 0 Å². The molecular weight excluding hydrogens is 200 g/mol.